The zero-order valence-corrected chi connectivity index (χ0v) is 6.94. The van der Waals surface area contributed by atoms with Crippen molar-refractivity contribution >= 4 is 6.21 Å². The maximum absolute atomic E-state index is 4.19. The molecule has 0 spiro atoms. The molecule has 0 aromatic rings. The predicted octanol–water partition coefficient (Wildman–Crippen LogP) is 2.51. The molecule has 0 rings (SSSR count). The summed E-state index contributed by atoms with van der Waals surface area (Å²) < 4.78 is 0. The third kappa shape index (κ3) is 4.19. The summed E-state index contributed by atoms with van der Waals surface area (Å²) in [6.07, 6.45) is 3.21. The van der Waals surface area contributed by atoms with E-state index in [1.807, 2.05) is 6.21 Å². The average Bonchev–Trinajstić information content (AvgIpc) is 1.84. The van der Waals surface area contributed by atoms with Gasteiger partial charge in [-0.15, -0.1) is 0 Å². The van der Waals surface area contributed by atoms with E-state index in [4.69, 9.17) is 0 Å². The summed E-state index contributed by atoms with van der Waals surface area (Å²) in [7, 11) is 0. The van der Waals surface area contributed by atoms with Gasteiger partial charge in [-0.25, -0.2) is 0 Å². The van der Waals surface area contributed by atoms with Crippen LogP contribution in [-0.4, -0.2) is 12.8 Å². The lowest BCUT2D eigenvalue weighted by molar-refractivity contribution is 0.514. The first kappa shape index (κ1) is 8.67. The smallest absolute Gasteiger partial charge is 0.0357 e. The van der Waals surface area contributed by atoms with Crippen LogP contribution in [0.5, 0.6) is 0 Å². The van der Waals surface area contributed by atoms with E-state index >= 15 is 0 Å². The topological polar surface area (TPSA) is 12.4 Å². The highest BCUT2D eigenvalue weighted by atomic mass is 14.7. The van der Waals surface area contributed by atoms with Crippen molar-refractivity contribution < 1.29 is 0 Å². The van der Waals surface area contributed by atoms with Gasteiger partial charge in [0, 0.05) is 12.8 Å². The highest BCUT2D eigenvalue weighted by molar-refractivity contribution is 5.64. The first-order valence-corrected chi connectivity index (χ1v) is 3.63. The number of hydrogen-bond donors (Lipinski definition) is 0. The van der Waals surface area contributed by atoms with Crippen LogP contribution in [0.3, 0.4) is 0 Å². The molecular weight excluding hydrogens is 110 g/mol. The molecule has 0 saturated heterocycles. The van der Waals surface area contributed by atoms with Crippen molar-refractivity contribution in [1.82, 2.24) is 0 Å². The van der Waals surface area contributed by atoms with Crippen LogP contribution < -0.4 is 0 Å². The second-order valence-corrected chi connectivity index (χ2v) is 2.97. The molecule has 0 aromatic heterocycles. The van der Waals surface area contributed by atoms with Gasteiger partial charge in [-0.3, -0.25) is 4.99 Å². The maximum atomic E-state index is 4.19. The van der Waals surface area contributed by atoms with E-state index in [1.54, 1.807) is 0 Å². The highest BCUT2D eigenvalue weighted by Gasteiger charge is 2.09. The monoisotopic (exact) mass is 127 g/mol. The SMILES string of the molecule is CCN=CC(C)(C)CC. The molecule has 0 aliphatic rings. The van der Waals surface area contributed by atoms with E-state index in [0.29, 0.717) is 5.41 Å². The van der Waals surface area contributed by atoms with Crippen LogP contribution in [0, 0.1) is 5.41 Å². The van der Waals surface area contributed by atoms with Crippen LogP contribution in [0.1, 0.15) is 34.1 Å². The van der Waals surface area contributed by atoms with Crippen molar-refractivity contribution in [2.75, 3.05) is 6.54 Å². The lowest BCUT2D eigenvalue weighted by Gasteiger charge is -2.14. The molecule has 1 heteroatoms. The quantitative estimate of drug-likeness (QED) is 0.516. The van der Waals surface area contributed by atoms with Gasteiger partial charge in [-0.1, -0.05) is 20.8 Å². The molecular formula is C8H17N. The van der Waals surface area contributed by atoms with E-state index in [-0.39, 0.29) is 0 Å². The lowest BCUT2D eigenvalue weighted by Crippen LogP contribution is -2.10. The van der Waals surface area contributed by atoms with Gasteiger partial charge in [0.2, 0.25) is 0 Å². The van der Waals surface area contributed by atoms with Crippen molar-refractivity contribution in [3.63, 3.8) is 0 Å². The zero-order chi connectivity index (χ0) is 7.33. The van der Waals surface area contributed by atoms with Crippen molar-refractivity contribution in [2.24, 2.45) is 10.4 Å². The Balaban J connectivity index is 3.70. The fourth-order valence-electron chi connectivity index (χ4n) is 0.430. The van der Waals surface area contributed by atoms with Gasteiger partial charge in [0.05, 0.1) is 0 Å². The summed E-state index contributed by atoms with van der Waals surface area (Å²) in [6.45, 7) is 9.55. The van der Waals surface area contributed by atoms with Crippen molar-refractivity contribution in [3.8, 4) is 0 Å². The minimum atomic E-state index is 0.302. The molecule has 0 unspecified atom stereocenters. The Morgan fingerprint density at radius 3 is 2.22 bits per heavy atom. The molecule has 1 nitrogen and oxygen atoms in total. The number of rotatable bonds is 3. The fraction of sp³-hybridized carbons (Fsp3) is 0.875. The lowest BCUT2D eigenvalue weighted by atomic mass is 9.92. The van der Waals surface area contributed by atoms with Crippen LogP contribution in [0.25, 0.3) is 0 Å². The molecule has 0 aromatic carbocycles. The minimum Gasteiger partial charge on any atom is -0.297 e. The molecule has 54 valence electrons. The Labute approximate surface area is 58.2 Å². The summed E-state index contributed by atoms with van der Waals surface area (Å²) in [4.78, 5) is 4.19. The second kappa shape index (κ2) is 3.65. The van der Waals surface area contributed by atoms with Crippen LogP contribution in [-0.2, 0) is 0 Å². The Bertz CT molecular complexity index is 92.7. The Hall–Kier alpha value is -0.330. The Kier molecular flexibility index (Phi) is 3.52. The number of hydrogen-bond acceptors (Lipinski definition) is 1. The van der Waals surface area contributed by atoms with E-state index in [9.17, 15) is 0 Å². The largest absolute Gasteiger partial charge is 0.297 e. The summed E-state index contributed by atoms with van der Waals surface area (Å²) in [5.41, 5.74) is 0.302. The Morgan fingerprint density at radius 2 is 1.89 bits per heavy atom. The van der Waals surface area contributed by atoms with Crippen molar-refractivity contribution in [3.05, 3.63) is 0 Å². The highest BCUT2D eigenvalue weighted by Crippen LogP contribution is 2.15. The van der Waals surface area contributed by atoms with Gasteiger partial charge in [0.15, 0.2) is 0 Å². The van der Waals surface area contributed by atoms with Crippen LogP contribution in [0.15, 0.2) is 4.99 Å². The van der Waals surface area contributed by atoms with Gasteiger partial charge in [0.25, 0.3) is 0 Å². The third-order valence-electron chi connectivity index (χ3n) is 1.53. The first-order chi connectivity index (χ1) is 4.12. The molecule has 0 aliphatic carbocycles. The molecule has 0 saturated carbocycles. The summed E-state index contributed by atoms with van der Waals surface area (Å²) in [5.74, 6) is 0. The molecule has 0 bridgehead atoms. The molecule has 0 N–H and O–H groups in total. The average molecular weight is 127 g/mol. The molecule has 0 heterocycles. The van der Waals surface area contributed by atoms with Crippen LogP contribution in [0.4, 0.5) is 0 Å². The molecule has 0 atom stereocenters. The Morgan fingerprint density at radius 1 is 1.33 bits per heavy atom. The normalized spacial score (nSPS) is 12.9. The van der Waals surface area contributed by atoms with E-state index in [0.717, 1.165) is 13.0 Å². The fourth-order valence-corrected chi connectivity index (χ4v) is 0.430. The summed E-state index contributed by atoms with van der Waals surface area (Å²) >= 11 is 0. The third-order valence-corrected chi connectivity index (χ3v) is 1.53. The van der Waals surface area contributed by atoms with E-state index < -0.39 is 0 Å². The van der Waals surface area contributed by atoms with Crippen molar-refractivity contribution in [2.45, 2.75) is 34.1 Å². The summed E-state index contributed by atoms with van der Waals surface area (Å²) in [5, 5.41) is 0. The van der Waals surface area contributed by atoms with Crippen molar-refractivity contribution in [1.29, 1.82) is 0 Å². The molecule has 0 aliphatic heterocycles. The van der Waals surface area contributed by atoms with Gasteiger partial charge in [0.1, 0.15) is 0 Å². The molecule has 0 radical (unpaired) electrons. The van der Waals surface area contributed by atoms with Crippen LogP contribution in [0.2, 0.25) is 0 Å². The maximum Gasteiger partial charge on any atom is 0.0357 e. The van der Waals surface area contributed by atoms with Gasteiger partial charge < -0.3 is 0 Å². The number of aliphatic imine (C=N–C) groups is 1. The van der Waals surface area contributed by atoms with E-state index in [2.05, 4.69) is 32.7 Å². The van der Waals surface area contributed by atoms with Gasteiger partial charge in [-0.2, -0.15) is 0 Å². The summed E-state index contributed by atoms with van der Waals surface area (Å²) in [6, 6.07) is 0. The zero-order valence-electron chi connectivity index (χ0n) is 6.94. The molecule has 0 amide bonds. The van der Waals surface area contributed by atoms with Crippen LogP contribution >= 0.6 is 0 Å². The molecule has 0 fully saturated rings. The van der Waals surface area contributed by atoms with Gasteiger partial charge in [-0.05, 0) is 18.8 Å². The molecule has 9 heavy (non-hydrogen) atoms. The van der Waals surface area contributed by atoms with E-state index in [1.165, 1.54) is 0 Å². The second-order valence-electron chi connectivity index (χ2n) is 2.97. The minimum absolute atomic E-state index is 0.302. The first-order valence-electron chi connectivity index (χ1n) is 3.63. The standard InChI is InChI=1S/C8H17N/c1-5-8(3,4)7-9-6-2/h7H,5-6H2,1-4H3. The number of nitrogens with zero attached hydrogens (tertiary/aromatic N) is 1. The predicted molar refractivity (Wildman–Crippen MR) is 43.1 cm³/mol. The van der Waals surface area contributed by atoms with Gasteiger partial charge >= 0.3 is 0 Å².